The lowest BCUT2D eigenvalue weighted by Crippen LogP contribution is -2.57. The highest BCUT2D eigenvalue weighted by Gasteiger charge is 2.44. The molecule has 1 N–H and O–H groups in total. The average molecular weight is 292 g/mol. The number of halogens is 1. The zero-order chi connectivity index (χ0) is 14.1. The Balaban J connectivity index is 1.74. The summed E-state index contributed by atoms with van der Waals surface area (Å²) in [6.45, 7) is 1.17. The van der Waals surface area contributed by atoms with E-state index in [1.165, 1.54) is 0 Å². The topological polar surface area (TPSA) is 53.7 Å². The van der Waals surface area contributed by atoms with Gasteiger partial charge in [0.1, 0.15) is 11.8 Å². The van der Waals surface area contributed by atoms with E-state index in [0.717, 1.165) is 5.56 Å². The van der Waals surface area contributed by atoms with Gasteiger partial charge in [-0.05, 0) is 29.3 Å². The van der Waals surface area contributed by atoms with Crippen LogP contribution in [0.4, 0.5) is 0 Å². The van der Waals surface area contributed by atoms with E-state index in [1.807, 2.05) is 35.2 Å². The van der Waals surface area contributed by atoms with Gasteiger partial charge in [0, 0.05) is 12.5 Å². The summed E-state index contributed by atoms with van der Waals surface area (Å²) in [5, 5.41) is 9.75. The Kier molecular flexibility index (Phi) is 3.51. The van der Waals surface area contributed by atoms with Gasteiger partial charge in [-0.1, -0.05) is 30.3 Å². The highest BCUT2D eigenvalue weighted by molar-refractivity contribution is 6.28. The number of aliphatic carboxylic acids is 1. The number of furan rings is 1. The smallest absolute Gasteiger partial charge is 0.321 e. The van der Waals surface area contributed by atoms with Crippen LogP contribution in [0.1, 0.15) is 17.2 Å². The van der Waals surface area contributed by atoms with Crippen LogP contribution >= 0.6 is 11.6 Å². The molecule has 0 spiro atoms. The number of benzene rings is 1. The van der Waals surface area contributed by atoms with Gasteiger partial charge in [0.05, 0.1) is 6.54 Å². The number of likely N-dealkylation sites (tertiary alicyclic amines) is 1. The Morgan fingerprint density at radius 2 is 2.05 bits per heavy atom. The minimum Gasteiger partial charge on any atom is -0.480 e. The molecule has 2 heterocycles. The van der Waals surface area contributed by atoms with Crippen molar-refractivity contribution in [3.8, 4) is 0 Å². The van der Waals surface area contributed by atoms with Crippen molar-refractivity contribution in [3.63, 3.8) is 0 Å². The van der Waals surface area contributed by atoms with Gasteiger partial charge in [-0.15, -0.1) is 0 Å². The molecular weight excluding hydrogens is 278 g/mol. The number of carboxylic acid groups (broad SMARTS) is 1. The predicted octanol–water partition coefficient (Wildman–Crippen LogP) is 2.99. The number of hydrogen-bond donors (Lipinski definition) is 1. The van der Waals surface area contributed by atoms with Gasteiger partial charge in [0.15, 0.2) is 5.22 Å². The van der Waals surface area contributed by atoms with Crippen molar-refractivity contribution in [3.05, 3.63) is 59.0 Å². The normalized spacial score (nSPS) is 22.4. The van der Waals surface area contributed by atoms with Crippen LogP contribution in [0, 0.1) is 0 Å². The Hall–Kier alpha value is -1.78. The van der Waals surface area contributed by atoms with Gasteiger partial charge in [0.2, 0.25) is 0 Å². The molecule has 0 saturated carbocycles. The third-order valence-electron chi connectivity index (χ3n) is 3.67. The molecule has 0 amide bonds. The fourth-order valence-electron chi connectivity index (χ4n) is 2.70. The van der Waals surface area contributed by atoms with Gasteiger partial charge in [-0.25, -0.2) is 0 Å². The average Bonchev–Trinajstić information content (AvgIpc) is 2.80. The van der Waals surface area contributed by atoms with Crippen LogP contribution < -0.4 is 0 Å². The SMILES string of the molecule is O=C(O)[C@@H]1[C@@H](c2ccccc2)CN1Cc1ccc(Cl)o1. The lowest BCUT2D eigenvalue weighted by Gasteiger charge is -2.45. The summed E-state index contributed by atoms with van der Waals surface area (Å²) in [6, 6.07) is 12.7. The first-order valence-corrected chi connectivity index (χ1v) is 6.79. The van der Waals surface area contributed by atoms with Crippen molar-refractivity contribution in [1.82, 2.24) is 4.90 Å². The van der Waals surface area contributed by atoms with Crippen molar-refractivity contribution in [1.29, 1.82) is 0 Å². The molecule has 4 nitrogen and oxygen atoms in total. The Labute approximate surface area is 121 Å². The second kappa shape index (κ2) is 5.31. The first-order valence-electron chi connectivity index (χ1n) is 6.41. The van der Waals surface area contributed by atoms with E-state index in [2.05, 4.69) is 0 Å². The molecule has 1 aromatic carbocycles. The highest BCUT2D eigenvalue weighted by Crippen LogP contribution is 2.35. The fourth-order valence-corrected chi connectivity index (χ4v) is 2.86. The molecule has 1 aliphatic rings. The van der Waals surface area contributed by atoms with Crippen LogP contribution in [-0.4, -0.2) is 28.6 Å². The lowest BCUT2D eigenvalue weighted by atomic mass is 9.82. The second-order valence-electron chi connectivity index (χ2n) is 4.94. The minimum absolute atomic E-state index is 0.0270. The number of rotatable bonds is 4. The Morgan fingerprint density at radius 3 is 2.65 bits per heavy atom. The van der Waals surface area contributed by atoms with Crippen molar-refractivity contribution in [2.75, 3.05) is 6.54 Å². The molecule has 1 saturated heterocycles. The molecule has 104 valence electrons. The lowest BCUT2D eigenvalue weighted by molar-refractivity contribution is -0.150. The number of hydrogen-bond acceptors (Lipinski definition) is 3. The maximum atomic E-state index is 11.5. The van der Waals surface area contributed by atoms with Crippen molar-refractivity contribution in [2.45, 2.75) is 18.5 Å². The molecule has 3 rings (SSSR count). The van der Waals surface area contributed by atoms with Gasteiger partial charge < -0.3 is 9.52 Å². The van der Waals surface area contributed by atoms with Gasteiger partial charge in [-0.2, -0.15) is 0 Å². The van der Waals surface area contributed by atoms with E-state index in [4.69, 9.17) is 16.0 Å². The van der Waals surface area contributed by atoms with Crippen LogP contribution in [0.3, 0.4) is 0 Å². The van der Waals surface area contributed by atoms with Crippen molar-refractivity contribution >= 4 is 17.6 Å². The minimum atomic E-state index is -0.803. The molecule has 1 aliphatic heterocycles. The molecule has 0 unspecified atom stereocenters. The van der Waals surface area contributed by atoms with Crippen molar-refractivity contribution in [2.24, 2.45) is 0 Å². The molecule has 0 bridgehead atoms. The van der Waals surface area contributed by atoms with Gasteiger partial charge in [0.25, 0.3) is 0 Å². The molecular formula is C15H14ClNO3. The first kappa shape index (κ1) is 13.2. The van der Waals surface area contributed by atoms with Crippen LogP contribution in [0.5, 0.6) is 0 Å². The summed E-state index contributed by atoms with van der Waals surface area (Å²) in [7, 11) is 0. The number of carbonyl (C=O) groups is 1. The zero-order valence-electron chi connectivity index (χ0n) is 10.7. The molecule has 0 aliphatic carbocycles. The standard InChI is InChI=1S/C15H14ClNO3/c16-13-7-6-11(20-13)8-17-9-12(14(17)15(18)19)10-4-2-1-3-5-10/h1-7,12,14H,8-9H2,(H,18,19)/t12-,14+/m1/s1. The maximum absolute atomic E-state index is 11.5. The fraction of sp³-hybridized carbons (Fsp3) is 0.267. The molecule has 0 radical (unpaired) electrons. The summed E-state index contributed by atoms with van der Waals surface area (Å²) in [5.41, 5.74) is 1.06. The summed E-state index contributed by atoms with van der Waals surface area (Å²) in [4.78, 5) is 13.4. The largest absolute Gasteiger partial charge is 0.480 e. The molecule has 2 atom stereocenters. The zero-order valence-corrected chi connectivity index (χ0v) is 11.5. The third kappa shape index (κ3) is 2.44. The Bertz CT molecular complexity index is 611. The summed E-state index contributed by atoms with van der Waals surface area (Å²) >= 11 is 5.73. The monoisotopic (exact) mass is 291 g/mol. The van der Waals surface area contributed by atoms with Crippen LogP contribution in [0.25, 0.3) is 0 Å². The molecule has 1 aromatic heterocycles. The number of carboxylic acids is 1. The van der Waals surface area contributed by atoms with E-state index >= 15 is 0 Å². The van der Waals surface area contributed by atoms with Gasteiger partial charge in [-0.3, -0.25) is 9.69 Å². The van der Waals surface area contributed by atoms with Gasteiger partial charge >= 0.3 is 5.97 Å². The van der Waals surface area contributed by atoms with E-state index < -0.39 is 12.0 Å². The van der Waals surface area contributed by atoms with Crippen LogP contribution in [-0.2, 0) is 11.3 Å². The van der Waals surface area contributed by atoms with E-state index in [9.17, 15) is 9.90 Å². The maximum Gasteiger partial charge on any atom is 0.321 e. The summed E-state index contributed by atoms with van der Waals surface area (Å²) in [5.74, 6) is -0.0883. The Morgan fingerprint density at radius 1 is 1.30 bits per heavy atom. The van der Waals surface area contributed by atoms with Crippen molar-refractivity contribution < 1.29 is 14.3 Å². The first-order chi connectivity index (χ1) is 9.65. The van der Waals surface area contributed by atoms with E-state index in [0.29, 0.717) is 24.1 Å². The van der Waals surface area contributed by atoms with Crippen LogP contribution in [0.2, 0.25) is 5.22 Å². The molecule has 5 heteroatoms. The number of nitrogens with zero attached hydrogens (tertiary/aromatic N) is 1. The predicted molar refractivity (Wildman–Crippen MR) is 74.7 cm³/mol. The quantitative estimate of drug-likeness (QED) is 0.941. The van der Waals surface area contributed by atoms with E-state index in [1.54, 1.807) is 12.1 Å². The van der Waals surface area contributed by atoms with Crippen LogP contribution in [0.15, 0.2) is 46.9 Å². The summed E-state index contributed by atoms with van der Waals surface area (Å²) in [6.07, 6.45) is 0. The molecule has 1 fully saturated rings. The molecule has 2 aromatic rings. The molecule has 20 heavy (non-hydrogen) atoms. The highest BCUT2D eigenvalue weighted by atomic mass is 35.5. The van der Waals surface area contributed by atoms with E-state index in [-0.39, 0.29) is 5.92 Å². The summed E-state index contributed by atoms with van der Waals surface area (Å²) < 4.78 is 5.29. The second-order valence-corrected chi connectivity index (χ2v) is 5.31. The third-order valence-corrected chi connectivity index (χ3v) is 3.88.